The van der Waals surface area contributed by atoms with E-state index in [0.29, 0.717) is 36.6 Å². The predicted molar refractivity (Wildman–Crippen MR) is 170 cm³/mol. The van der Waals surface area contributed by atoms with Crippen molar-refractivity contribution in [3.8, 4) is 0 Å². The lowest BCUT2D eigenvalue weighted by Gasteiger charge is -2.39. The first-order chi connectivity index (χ1) is 21.4. The molecule has 250 valence electrons. The maximum absolute atomic E-state index is 13.0. The van der Waals surface area contributed by atoms with Crippen molar-refractivity contribution in [3.05, 3.63) is 63.6 Å². The third-order valence-electron chi connectivity index (χ3n) is 8.98. The minimum Gasteiger partial charge on any atom is -0.370 e. The molecule has 45 heavy (non-hydrogen) atoms. The molecule has 1 atom stereocenters. The third-order valence-corrected chi connectivity index (χ3v) is 11.8. The number of ether oxygens (including phenoxy) is 1. The van der Waals surface area contributed by atoms with Gasteiger partial charge in [0.15, 0.2) is 0 Å². The Kier molecular flexibility index (Phi) is 13.0. The number of aryl methyl sites for hydroxylation is 1. The van der Waals surface area contributed by atoms with Crippen LogP contribution in [0.25, 0.3) is 0 Å². The monoisotopic (exact) mass is 691 g/mol. The molecular formula is C32H42Cl2F3N3O4S. The molecule has 0 spiro atoms. The lowest BCUT2D eigenvalue weighted by molar-refractivity contribution is -0.137. The number of nitrogens with one attached hydrogen (secondary N) is 1. The van der Waals surface area contributed by atoms with E-state index in [0.717, 1.165) is 36.4 Å². The van der Waals surface area contributed by atoms with Gasteiger partial charge in [-0.05, 0) is 94.0 Å². The summed E-state index contributed by atoms with van der Waals surface area (Å²) in [4.78, 5) is 14.5. The molecule has 1 N–H and O–H groups in total. The Balaban J connectivity index is 1.17. The van der Waals surface area contributed by atoms with Gasteiger partial charge in [-0.3, -0.25) is 4.79 Å². The summed E-state index contributed by atoms with van der Waals surface area (Å²) in [5, 5.41) is 1.68. The number of benzene rings is 2. The van der Waals surface area contributed by atoms with Crippen molar-refractivity contribution in [1.29, 1.82) is 0 Å². The average Bonchev–Trinajstić information content (AvgIpc) is 3.53. The first-order valence-electron chi connectivity index (χ1n) is 15.5. The summed E-state index contributed by atoms with van der Waals surface area (Å²) in [5.41, 5.74) is 0.244. The summed E-state index contributed by atoms with van der Waals surface area (Å²) in [6, 6.07) is 12.3. The Bertz CT molecular complexity index is 1340. The molecule has 1 amide bonds. The second-order valence-electron chi connectivity index (χ2n) is 12.1. The number of hydrogen-bond acceptors (Lipinski definition) is 5. The van der Waals surface area contributed by atoms with Crippen LogP contribution in [0.2, 0.25) is 10.0 Å². The van der Waals surface area contributed by atoms with Gasteiger partial charge in [-0.2, -0.15) is 17.5 Å². The van der Waals surface area contributed by atoms with E-state index in [1.807, 2.05) is 0 Å². The molecule has 0 bridgehead atoms. The van der Waals surface area contributed by atoms with Gasteiger partial charge in [0.05, 0.1) is 22.2 Å². The highest BCUT2D eigenvalue weighted by Gasteiger charge is 2.35. The van der Waals surface area contributed by atoms with E-state index in [1.54, 1.807) is 0 Å². The minimum atomic E-state index is -4.73. The van der Waals surface area contributed by atoms with Crippen LogP contribution in [-0.4, -0.2) is 76.0 Å². The summed E-state index contributed by atoms with van der Waals surface area (Å²) >= 11 is 11.8. The fourth-order valence-electron chi connectivity index (χ4n) is 6.44. The normalized spacial score (nSPS) is 20.4. The Morgan fingerprint density at radius 2 is 1.69 bits per heavy atom. The molecule has 13 heteroatoms. The molecular weight excluding hydrogens is 650 g/mol. The Labute approximate surface area is 274 Å². The number of likely N-dealkylation sites (tertiary alicyclic amines) is 1. The van der Waals surface area contributed by atoms with Crippen LogP contribution in [-0.2, 0) is 32.2 Å². The summed E-state index contributed by atoms with van der Waals surface area (Å²) in [5.74, 6) is 0.796. The summed E-state index contributed by atoms with van der Waals surface area (Å²) in [6.07, 6.45) is 4.54. The van der Waals surface area contributed by atoms with Crippen LogP contribution >= 0.6 is 23.2 Å². The Morgan fingerprint density at radius 1 is 1.07 bits per heavy atom. The van der Waals surface area contributed by atoms with Crippen molar-refractivity contribution < 1.29 is 31.1 Å². The van der Waals surface area contributed by atoms with Gasteiger partial charge in [-0.25, -0.2) is 8.42 Å². The molecule has 2 aliphatic rings. The van der Waals surface area contributed by atoms with Crippen molar-refractivity contribution >= 4 is 39.1 Å². The number of carbonyl (C=O) groups excluding carboxylic acids is 1. The number of carbonyl (C=O) groups is 1. The number of rotatable bonds is 14. The molecule has 2 fully saturated rings. The van der Waals surface area contributed by atoms with Crippen LogP contribution in [0, 0.1) is 11.8 Å². The minimum absolute atomic E-state index is 0.106. The van der Waals surface area contributed by atoms with Crippen LogP contribution in [0.1, 0.15) is 56.1 Å². The van der Waals surface area contributed by atoms with E-state index in [-0.39, 0.29) is 25.7 Å². The highest BCUT2D eigenvalue weighted by atomic mass is 35.5. The SMILES string of the molecule is CN(CCOCC(=O)NCC1CCC(C(CCc2ccccc2)N2CCCC2)CC1)S(=O)(=O)c1c(Cl)cc(C(F)(F)F)cc1Cl. The molecule has 1 aliphatic carbocycles. The third kappa shape index (κ3) is 10.0. The van der Waals surface area contributed by atoms with Crippen LogP contribution in [0.3, 0.4) is 0 Å². The molecule has 2 aromatic rings. The van der Waals surface area contributed by atoms with Crippen LogP contribution < -0.4 is 5.32 Å². The number of sulfonamides is 1. The van der Waals surface area contributed by atoms with Gasteiger partial charge in [-0.1, -0.05) is 53.5 Å². The quantitative estimate of drug-likeness (QED) is 0.224. The zero-order valence-corrected chi connectivity index (χ0v) is 27.8. The molecule has 2 aromatic carbocycles. The molecule has 1 saturated heterocycles. The highest BCUT2D eigenvalue weighted by Crippen LogP contribution is 2.39. The van der Waals surface area contributed by atoms with Crippen LogP contribution in [0.4, 0.5) is 13.2 Å². The summed E-state index contributed by atoms with van der Waals surface area (Å²) in [7, 11) is -3.07. The topological polar surface area (TPSA) is 79.0 Å². The molecule has 1 heterocycles. The fourth-order valence-corrected chi connectivity index (χ4v) is 8.75. The maximum atomic E-state index is 13.0. The number of hydrogen-bond donors (Lipinski definition) is 1. The maximum Gasteiger partial charge on any atom is 0.416 e. The smallest absolute Gasteiger partial charge is 0.370 e. The van der Waals surface area contributed by atoms with Crippen LogP contribution in [0.15, 0.2) is 47.4 Å². The van der Waals surface area contributed by atoms with Crippen molar-refractivity contribution in [3.63, 3.8) is 0 Å². The number of amides is 1. The van der Waals surface area contributed by atoms with Gasteiger partial charge in [0, 0.05) is 26.2 Å². The van der Waals surface area contributed by atoms with Gasteiger partial charge in [0.2, 0.25) is 15.9 Å². The number of likely N-dealkylation sites (N-methyl/N-ethyl adjacent to an activating group) is 1. The van der Waals surface area contributed by atoms with E-state index < -0.39 is 36.7 Å². The van der Waals surface area contributed by atoms with E-state index in [4.69, 9.17) is 27.9 Å². The number of nitrogens with zero attached hydrogens (tertiary/aromatic N) is 2. The second kappa shape index (κ2) is 16.3. The van der Waals surface area contributed by atoms with Gasteiger partial charge < -0.3 is 15.0 Å². The lowest BCUT2D eigenvalue weighted by Crippen LogP contribution is -2.42. The standard InChI is InChI=1S/C32H42Cl2F3N3O4S/c1-39(45(42,43)31-27(33)19-26(20-28(31)34)32(35,36)37)17-18-44-22-30(41)38-21-24-9-12-25(13-10-24)29(40-15-5-6-16-40)14-11-23-7-3-2-4-8-23/h2-4,7-8,19-20,24-25,29H,5-6,9-18,21-22H2,1H3,(H,38,41). The first kappa shape index (κ1) is 36.0. The zero-order valence-electron chi connectivity index (χ0n) is 25.5. The van der Waals surface area contributed by atoms with Crippen molar-refractivity contribution in [2.24, 2.45) is 11.8 Å². The molecule has 1 unspecified atom stereocenters. The molecule has 0 radical (unpaired) electrons. The largest absolute Gasteiger partial charge is 0.416 e. The van der Waals surface area contributed by atoms with Gasteiger partial charge in [-0.15, -0.1) is 0 Å². The predicted octanol–water partition coefficient (Wildman–Crippen LogP) is 6.67. The van der Waals surface area contributed by atoms with Crippen molar-refractivity contribution in [2.75, 3.05) is 46.4 Å². The van der Waals surface area contributed by atoms with Crippen molar-refractivity contribution in [1.82, 2.24) is 14.5 Å². The first-order valence-corrected chi connectivity index (χ1v) is 17.7. The van der Waals surface area contributed by atoms with Gasteiger partial charge in [0.1, 0.15) is 11.5 Å². The molecule has 1 aliphatic heterocycles. The number of halogens is 5. The van der Waals surface area contributed by atoms with Gasteiger partial charge >= 0.3 is 6.18 Å². The Morgan fingerprint density at radius 3 is 2.29 bits per heavy atom. The number of alkyl halides is 3. The van der Waals surface area contributed by atoms with Gasteiger partial charge in [0.25, 0.3) is 0 Å². The molecule has 0 aromatic heterocycles. The molecule has 1 saturated carbocycles. The van der Waals surface area contributed by atoms with E-state index >= 15 is 0 Å². The second-order valence-corrected chi connectivity index (χ2v) is 14.9. The molecule has 7 nitrogen and oxygen atoms in total. The summed E-state index contributed by atoms with van der Waals surface area (Å²) in [6.45, 7) is 2.45. The fraction of sp³-hybridized carbons (Fsp3) is 0.594. The highest BCUT2D eigenvalue weighted by molar-refractivity contribution is 7.89. The lowest BCUT2D eigenvalue weighted by atomic mass is 9.76. The van der Waals surface area contributed by atoms with E-state index in [2.05, 4.69) is 40.5 Å². The zero-order chi connectivity index (χ0) is 32.6. The van der Waals surface area contributed by atoms with E-state index in [1.165, 1.54) is 45.0 Å². The molecule has 4 rings (SSSR count). The summed E-state index contributed by atoms with van der Waals surface area (Å²) < 4.78 is 71.1. The van der Waals surface area contributed by atoms with Crippen LogP contribution in [0.5, 0.6) is 0 Å². The van der Waals surface area contributed by atoms with E-state index in [9.17, 15) is 26.4 Å². The Hall–Kier alpha value is -1.89. The van der Waals surface area contributed by atoms with Crippen molar-refractivity contribution in [2.45, 2.75) is 68.5 Å². The average molecular weight is 693 g/mol.